The summed E-state index contributed by atoms with van der Waals surface area (Å²) in [6.45, 7) is 5.90. The number of hydrogen-bond acceptors (Lipinski definition) is 4. The minimum atomic E-state index is -0.724. The molecule has 2 atom stereocenters. The Labute approximate surface area is 94.7 Å². The monoisotopic (exact) mass is 227 g/mol. The highest BCUT2D eigenvalue weighted by atomic mass is 16.7. The van der Waals surface area contributed by atoms with Gasteiger partial charge >= 0.3 is 12.1 Å². The summed E-state index contributed by atoms with van der Waals surface area (Å²) in [4.78, 5) is 26.8. The van der Waals surface area contributed by atoms with Crippen LogP contribution in [0.5, 0.6) is 0 Å². The number of nitrogens with one attached hydrogen (secondary N) is 1. The smallest absolute Gasteiger partial charge is 0.440 e. The Morgan fingerprint density at radius 2 is 2.31 bits per heavy atom. The van der Waals surface area contributed by atoms with Crippen LogP contribution in [0.25, 0.3) is 0 Å². The molecule has 0 aromatic heterocycles. The standard InChI is InChI=1S/C11H17NO4/c1-3-5-6-15-11(14)12-16-10(13)9-7-8(9)4-2/h4,8-9H,2-3,5-7H2,1H3,(H,12,14). The van der Waals surface area contributed by atoms with Gasteiger partial charge in [0.25, 0.3) is 0 Å². The van der Waals surface area contributed by atoms with Gasteiger partial charge in [-0.25, -0.2) is 9.59 Å². The van der Waals surface area contributed by atoms with Crippen LogP contribution in [0.15, 0.2) is 12.7 Å². The molecule has 1 amide bonds. The second-order valence-electron chi connectivity index (χ2n) is 3.75. The molecule has 5 nitrogen and oxygen atoms in total. The van der Waals surface area contributed by atoms with Crippen LogP contribution in [-0.4, -0.2) is 18.7 Å². The van der Waals surface area contributed by atoms with Crippen molar-refractivity contribution < 1.29 is 19.2 Å². The summed E-state index contributed by atoms with van der Waals surface area (Å²) < 4.78 is 4.74. The summed E-state index contributed by atoms with van der Waals surface area (Å²) in [5, 5.41) is 0. The number of amides is 1. The van der Waals surface area contributed by atoms with Crippen LogP contribution in [0.3, 0.4) is 0 Å². The van der Waals surface area contributed by atoms with Gasteiger partial charge in [-0.15, -0.1) is 12.1 Å². The molecule has 0 saturated heterocycles. The van der Waals surface area contributed by atoms with Crippen molar-refractivity contribution in [2.45, 2.75) is 26.2 Å². The third-order valence-electron chi connectivity index (χ3n) is 2.41. The van der Waals surface area contributed by atoms with Gasteiger partial charge in [0, 0.05) is 0 Å². The summed E-state index contributed by atoms with van der Waals surface area (Å²) >= 11 is 0. The zero-order valence-corrected chi connectivity index (χ0v) is 9.40. The van der Waals surface area contributed by atoms with E-state index >= 15 is 0 Å². The molecule has 16 heavy (non-hydrogen) atoms. The molecule has 0 bridgehead atoms. The van der Waals surface area contributed by atoms with Gasteiger partial charge in [-0.1, -0.05) is 19.4 Å². The van der Waals surface area contributed by atoms with Gasteiger partial charge < -0.3 is 9.57 Å². The second-order valence-corrected chi connectivity index (χ2v) is 3.75. The molecule has 0 spiro atoms. The largest absolute Gasteiger partial charge is 0.447 e. The molecule has 0 aromatic carbocycles. The molecule has 1 aliphatic carbocycles. The highest BCUT2D eigenvalue weighted by molar-refractivity contribution is 5.78. The zero-order chi connectivity index (χ0) is 12.0. The number of unbranched alkanes of at least 4 members (excludes halogenated alkanes) is 1. The lowest BCUT2D eigenvalue weighted by Crippen LogP contribution is -2.28. The van der Waals surface area contributed by atoms with Gasteiger partial charge in [0.1, 0.15) is 0 Å². The molecule has 1 N–H and O–H groups in total. The lowest BCUT2D eigenvalue weighted by molar-refractivity contribution is -0.151. The lowest BCUT2D eigenvalue weighted by Gasteiger charge is -2.05. The summed E-state index contributed by atoms with van der Waals surface area (Å²) in [6, 6.07) is 0. The highest BCUT2D eigenvalue weighted by Crippen LogP contribution is 2.39. The fraction of sp³-hybridized carbons (Fsp3) is 0.636. The number of carbonyl (C=O) groups excluding carboxylic acids is 2. The molecule has 2 unspecified atom stereocenters. The molecule has 1 fully saturated rings. The van der Waals surface area contributed by atoms with E-state index in [2.05, 4.69) is 11.4 Å². The third-order valence-corrected chi connectivity index (χ3v) is 2.41. The van der Waals surface area contributed by atoms with Crippen LogP contribution >= 0.6 is 0 Å². The summed E-state index contributed by atoms with van der Waals surface area (Å²) in [7, 11) is 0. The highest BCUT2D eigenvalue weighted by Gasteiger charge is 2.42. The number of allylic oxidation sites excluding steroid dienone is 1. The van der Waals surface area contributed by atoms with E-state index in [0.717, 1.165) is 19.3 Å². The molecule has 90 valence electrons. The second kappa shape index (κ2) is 6.15. The fourth-order valence-corrected chi connectivity index (χ4v) is 1.25. The summed E-state index contributed by atoms with van der Waals surface area (Å²) in [5.74, 6) is -0.406. The molecular formula is C11H17NO4. The number of hydrogen-bond donors (Lipinski definition) is 1. The van der Waals surface area contributed by atoms with Crippen molar-refractivity contribution >= 4 is 12.1 Å². The van der Waals surface area contributed by atoms with E-state index in [4.69, 9.17) is 4.74 Å². The molecule has 0 heterocycles. The van der Waals surface area contributed by atoms with E-state index in [1.165, 1.54) is 0 Å². The Morgan fingerprint density at radius 3 is 2.88 bits per heavy atom. The minimum absolute atomic E-state index is 0.159. The van der Waals surface area contributed by atoms with E-state index in [1.54, 1.807) is 6.08 Å². The first-order chi connectivity index (χ1) is 7.69. The van der Waals surface area contributed by atoms with Gasteiger partial charge in [-0.3, -0.25) is 0 Å². The molecule has 1 aliphatic rings. The average molecular weight is 227 g/mol. The van der Waals surface area contributed by atoms with Crippen LogP contribution in [-0.2, 0) is 14.4 Å². The van der Waals surface area contributed by atoms with Crippen LogP contribution in [0.2, 0.25) is 0 Å². The topological polar surface area (TPSA) is 64.6 Å². The van der Waals surface area contributed by atoms with E-state index in [1.807, 2.05) is 12.4 Å². The van der Waals surface area contributed by atoms with Gasteiger partial charge in [-0.05, 0) is 18.8 Å². The first kappa shape index (κ1) is 12.5. The van der Waals surface area contributed by atoms with Crippen LogP contribution in [0.4, 0.5) is 4.79 Å². The van der Waals surface area contributed by atoms with E-state index < -0.39 is 12.1 Å². The van der Waals surface area contributed by atoms with Crippen molar-refractivity contribution in [3.63, 3.8) is 0 Å². The number of hydroxylamine groups is 1. The Balaban J connectivity index is 2.08. The van der Waals surface area contributed by atoms with E-state index in [-0.39, 0.29) is 11.8 Å². The fourth-order valence-electron chi connectivity index (χ4n) is 1.25. The van der Waals surface area contributed by atoms with Crippen molar-refractivity contribution in [3.05, 3.63) is 12.7 Å². The molecular weight excluding hydrogens is 210 g/mol. The van der Waals surface area contributed by atoms with Crippen molar-refractivity contribution in [2.24, 2.45) is 11.8 Å². The van der Waals surface area contributed by atoms with Gasteiger partial charge in [-0.2, -0.15) is 0 Å². The molecule has 0 aliphatic heterocycles. The number of carbonyl (C=O) groups is 2. The van der Waals surface area contributed by atoms with Gasteiger partial charge in [0.05, 0.1) is 12.5 Å². The maximum Gasteiger partial charge on any atom is 0.440 e. The number of ether oxygens (including phenoxy) is 1. The van der Waals surface area contributed by atoms with Crippen molar-refractivity contribution in [3.8, 4) is 0 Å². The van der Waals surface area contributed by atoms with Gasteiger partial charge in [0.15, 0.2) is 0 Å². The van der Waals surface area contributed by atoms with E-state index in [0.29, 0.717) is 6.61 Å². The molecule has 1 saturated carbocycles. The summed E-state index contributed by atoms with van der Waals surface area (Å²) in [6.07, 6.45) is 3.47. The van der Waals surface area contributed by atoms with Crippen molar-refractivity contribution in [2.75, 3.05) is 6.61 Å². The predicted octanol–water partition coefficient (Wildman–Crippen LogP) is 1.79. The molecule has 0 aromatic rings. The third kappa shape index (κ3) is 3.92. The van der Waals surface area contributed by atoms with Crippen LogP contribution in [0, 0.1) is 11.8 Å². The average Bonchev–Trinajstić information content (AvgIpc) is 3.05. The Kier molecular flexibility index (Phi) is 4.82. The van der Waals surface area contributed by atoms with E-state index in [9.17, 15) is 9.59 Å². The first-order valence-corrected chi connectivity index (χ1v) is 5.45. The molecule has 0 radical (unpaired) electrons. The maximum atomic E-state index is 11.3. The van der Waals surface area contributed by atoms with Crippen molar-refractivity contribution in [1.82, 2.24) is 5.48 Å². The van der Waals surface area contributed by atoms with Gasteiger partial charge in [0.2, 0.25) is 0 Å². The molecule has 5 heteroatoms. The van der Waals surface area contributed by atoms with Crippen LogP contribution in [0.1, 0.15) is 26.2 Å². The first-order valence-electron chi connectivity index (χ1n) is 5.45. The molecule has 1 rings (SSSR count). The minimum Gasteiger partial charge on any atom is -0.447 e. The maximum absolute atomic E-state index is 11.3. The zero-order valence-electron chi connectivity index (χ0n) is 9.40. The quantitative estimate of drug-likeness (QED) is 0.442. The normalized spacial score (nSPS) is 22.1. The Morgan fingerprint density at radius 1 is 1.56 bits per heavy atom. The lowest BCUT2D eigenvalue weighted by atomic mass is 10.3. The SMILES string of the molecule is C=CC1CC1C(=O)ONC(=O)OCCCC. The van der Waals surface area contributed by atoms with Crippen LogP contribution < -0.4 is 5.48 Å². The predicted molar refractivity (Wildman–Crippen MR) is 57.3 cm³/mol. The van der Waals surface area contributed by atoms with Crippen molar-refractivity contribution in [1.29, 1.82) is 0 Å². The Hall–Kier alpha value is -1.52. The number of rotatable bonds is 5. The Bertz CT molecular complexity index is 277. The summed E-state index contributed by atoms with van der Waals surface area (Å²) in [5.41, 5.74) is 1.96.